The number of carbonyl (C=O) groups excluding carboxylic acids is 1. The molecule has 1 aromatic rings. The number of hydrogen-bond donors (Lipinski definition) is 0. The second-order valence-electron chi connectivity index (χ2n) is 3.01. The van der Waals surface area contributed by atoms with Crippen molar-refractivity contribution in [3.05, 3.63) is 38.9 Å². The molecule has 0 bridgehead atoms. The van der Waals surface area contributed by atoms with Gasteiger partial charge in [-0.1, -0.05) is 11.6 Å². The summed E-state index contributed by atoms with van der Waals surface area (Å²) in [6.45, 7) is 1.96. The molecule has 0 aliphatic rings. The molecule has 6 heteroatoms. The summed E-state index contributed by atoms with van der Waals surface area (Å²) in [4.78, 5) is 21.2. The second kappa shape index (κ2) is 5.46. The van der Waals surface area contributed by atoms with E-state index in [9.17, 15) is 14.9 Å². The monoisotopic (exact) mass is 243 g/mol. The smallest absolute Gasteiger partial charge is 0.310 e. The highest BCUT2D eigenvalue weighted by Crippen LogP contribution is 2.22. The molecule has 0 saturated heterocycles. The van der Waals surface area contributed by atoms with E-state index >= 15 is 0 Å². The van der Waals surface area contributed by atoms with Crippen LogP contribution in [0.4, 0.5) is 5.69 Å². The molecule has 0 saturated carbocycles. The van der Waals surface area contributed by atoms with E-state index in [4.69, 9.17) is 16.3 Å². The predicted molar refractivity (Wildman–Crippen MR) is 58.4 cm³/mol. The summed E-state index contributed by atoms with van der Waals surface area (Å²) >= 11 is 5.81. The average molecular weight is 244 g/mol. The van der Waals surface area contributed by atoms with E-state index in [1.54, 1.807) is 6.92 Å². The summed E-state index contributed by atoms with van der Waals surface area (Å²) in [7, 11) is 0. The van der Waals surface area contributed by atoms with Gasteiger partial charge in [-0.3, -0.25) is 14.9 Å². The first-order valence-corrected chi connectivity index (χ1v) is 5.00. The standard InChI is InChI=1S/C10H10ClNO4/c1-2-16-10(13)6-7-5-8(12(14)15)3-4-9(7)11/h3-5H,2,6H2,1H3. The van der Waals surface area contributed by atoms with Crippen molar-refractivity contribution in [1.29, 1.82) is 0 Å². The Morgan fingerprint density at radius 2 is 2.25 bits per heavy atom. The van der Waals surface area contributed by atoms with Gasteiger partial charge in [-0.15, -0.1) is 0 Å². The normalized spacial score (nSPS) is 9.88. The first kappa shape index (κ1) is 12.4. The number of halogens is 1. The highest BCUT2D eigenvalue weighted by atomic mass is 35.5. The molecule has 0 atom stereocenters. The molecule has 0 aliphatic carbocycles. The molecule has 0 radical (unpaired) electrons. The summed E-state index contributed by atoms with van der Waals surface area (Å²) in [6, 6.07) is 3.96. The zero-order chi connectivity index (χ0) is 12.1. The third-order valence-electron chi connectivity index (χ3n) is 1.88. The van der Waals surface area contributed by atoms with Gasteiger partial charge in [0.2, 0.25) is 0 Å². The van der Waals surface area contributed by atoms with Crippen LogP contribution in [0.15, 0.2) is 18.2 Å². The number of nitro groups is 1. The van der Waals surface area contributed by atoms with E-state index in [2.05, 4.69) is 0 Å². The SMILES string of the molecule is CCOC(=O)Cc1cc([N+](=O)[O-])ccc1Cl. The van der Waals surface area contributed by atoms with E-state index in [0.717, 1.165) is 0 Å². The Balaban J connectivity index is 2.90. The van der Waals surface area contributed by atoms with Crippen molar-refractivity contribution in [2.75, 3.05) is 6.61 Å². The van der Waals surface area contributed by atoms with Crippen LogP contribution in [-0.2, 0) is 16.0 Å². The molecular weight excluding hydrogens is 234 g/mol. The number of esters is 1. The molecule has 0 aromatic heterocycles. The lowest BCUT2D eigenvalue weighted by Crippen LogP contribution is -2.08. The van der Waals surface area contributed by atoms with Crippen LogP contribution in [0, 0.1) is 10.1 Å². The van der Waals surface area contributed by atoms with Crippen LogP contribution in [0.1, 0.15) is 12.5 Å². The zero-order valence-corrected chi connectivity index (χ0v) is 9.36. The molecule has 16 heavy (non-hydrogen) atoms. The topological polar surface area (TPSA) is 69.4 Å². The predicted octanol–water partition coefficient (Wildman–Crippen LogP) is 2.35. The minimum Gasteiger partial charge on any atom is -0.466 e. The van der Waals surface area contributed by atoms with Gasteiger partial charge in [0.05, 0.1) is 18.0 Å². The largest absolute Gasteiger partial charge is 0.466 e. The molecule has 0 heterocycles. The Labute approximate surface area is 97.1 Å². The highest BCUT2D eigenvalue weighted by Gasteiger charge is 2.13. The van der Waals surface area contributed by atoms with Crippen molar-refractivity contribution in [1.82, 2.24) is 0 Å². The van der Waals surface area contributed by atoms with Gasteiger partial charge in [-0.05, 0) is 18.6 Å². The molecule has 0 amide bonds. The zero-order valence-electron chi connectivity index (χ0n) is 8.60. The summed E-state index contributed by atoms with van der Waals surface area (Å²) in [5.41, 5.74) is 0.304. The number of non-ortho nitro benzene ring substituents is 1. The van der Waals surface area contributed by atoms with E-state index in [0.29, 0.717) is 10.6 Å². The summed E-state index contributed by atoms with van der Waals surface area (Å²) in [6.07, 6.45) is -0.0612. The molecule has 0 unspecified atom stereocenters. The molecule has 0 spiro atoms. The van der Waals surface area contributed by atoms with Crippen LogP contribution in [0.25, 0.3) is 0 Å². The number of hydrogen-bond acceptors (Lipinski definition) is 4. The van der Waals surface area contributed by atoms with E-state index in [-0.39, 0.29) is 18.7 Å². The maximum Gasteiger partial charge on any atom is 0.310 e. The third-order valence-corrected chi connectivity index (χ3v) is 2.25. The molecule has 0 N–H and O–H groups in total. The maximum absolute atomic E-state index is 11.2. The molecule has 0 aliphatic heterocycles. The van der Waals surface area contributed by atoms with Crippen molar-refractivity contribution in [3.63, 3.8) is 0 Å². The quantitative estimate of drug-likeness (QED) is 0.462. The Morgan fingerprint density at radius 3 is 2.81 bits per heavy atom. The van der Waals surface area contributed by atoms with Crippen LogP contribution < -0.4 is 0 Å². The van der Waals surface area contributed by atoms with Gasteiger partial charge in [-0.2, -0.15) is 0 Å². The van der Waals surface area contributed by atoms with Crippen LogP contribution in [0.3, 0.4) is 0 Å². The van der Waals surface area contributed by atoms with Crippen molar-refractivity contribution >= 4 is 23.3 Å². The molecular formula is C10H10ClNO4. The Hall–Kier alpha value is -1.62. The van der Waals surface area contributed by atoms with Crippen molar-refractivity contribution in [3.8, 4) is 0 Å². The van der Waals surface area contributed by atoms with Crippen molar-refractivity contribution < 1.29 is 14.5 Å². The van der Waals surface area contributed by atoms with Gasteiger partial charge in [0.1, 0.15) is 0 Å². The van der Waals surface area contributed by atoms with Crippen molar-refractivity contribution in [2.24, 2.45) is 0 Å². The van der Waals surface area contributed by atoms with Crippen molar-refractivity contribution in [2.45, 2.75) is 13.3 Å². The summed E-state index contributed by atoms with van der Waals surface area (Å²) < 4.78 is 4.73. The summed E-state index contributed by atoms with van der Waals surface area (Å²) in [5, 5.41) is 10.8. The summed E-state index contributed by atoms with van der Waals surface area (Å²) in [5.74, 6) is -0.454. The molecule has 86 valence electrons. The van der Waals surface area contributed by atoms with Crippen LogP contribution in [-0.4, -0.2) is 17.5 Å². The lowest BCUT2D eigenvalue weighted by Gasteiger charge is -2.03. The van der Waals surface area contributed by atoms with E-state index < -0.39 is 10.9 Å². The lowest BCUT2D eigenvalue weighted by molar-refractivity contribution is -0.384. The third kappa shape index (κ3) is 3.20. The average Bonchev–Trinajstić information content (AvgIpc) is 2.21. The minimum absolute atomic E-state index is 0.0612. The molecule has 5 nitrogen and oxygen atoms in total. The molecule has 1 aromatic carbocycles. The fraction of sp³-hybridized carbons (Fsp3) is 0.300. The fourth-order valence-corrected chi connectivity index (χ4v) is 1.36. The Bertz CT molecular complexity index is 419. The number of nitrogens with zero attached hydrogens (tertiary/aromatic N) is 1. The Morgan fingerprint density at radius 1 is 1.56 bits per heavy atom. The molecule has 0 fully saturated rings. The van der Waals surface area contributed by atoms with Crippen LogP contribution in [0.5, 0.6) is 0 Å². The van der Waals surface area contributed by atoms with Crippen LogP contribution in [0.2, 0.25) is 5.02 Å². The van der Waals surface area contributed by atoms with E-state index in [1.807, 2.05) is 0 Å². The molecule has 1 rings (SSSR count). The van der Waals surface area contributed by atoms with E-state index in [1.165, 1.54) is 18.2 Å². The number of benzene rings is 1. The van der Waals surface area contributed by atoms with Gasteiger partial charge >= 0.3 is 5.97 Å². The van der Waals surface area contributed by atoms with Gasteiger partial charge in [0, 0.05) is 17.2 Å². The number of nitro benzene ring substituents is 1. The van der Waals surface area contributed by atoms with Gasteiger partial charge < -0.3 is 4.74 Å². The minimum atomic E-state index is -0.537. The fourth-order valence-electron chi connectivity index (χ4n) is 1.18. The number of carbonyl (C=O) groups is 1. The highest BCUT2D eigenvalue weighted by molar-refractivity contribution is 6.31. The van der Waals surface area contributed by atoms with Crippen LogP contribution >= 0.6 is 11.6 Å². The lowest BCUT2D eigenvalue weighted by atomic mass is 10.1. The van der Waals surface area contributed by atoms with Gasteiger partial charge in [0.15, 0.2) is 0 Å². The van der Waals surface area contributed by atoms with Gasteiger partial charge in [-0.25, -0.2) is 0 Å². The Kier molecular flexibility index (Phi) is 4.25. The first-order valence-electron chi connectivity index (χ1n) is 4.63. The van der Waals surface area contributed by atoms with Gasteiger partial charge in [0.25, 0.3) is 5.69 Å². The number of rotatable bonds is 4. The first-order chi connectivity index (χ1) is 7.54. The second-order valence-corrected chi connectivity index (χ2v) is 3.42. The maximum atomic E-state index is 11.2. The number of ether oxygens (including phenoxy) is 1.